The first-order valence-electron chi connectivity index (χ1n) is 13.8. The van der Waals surface area contributed by atoms with E-state index in [1.165, 1.54) is 43.2 Å². The maximum Gasteiger partial charge on any atom is 0.242 e. The molecule has 4 rings (SSSR count). The molecule has 3 aliphatic rings. The molecule has 0 spiro atoms. The van der Waals surface area contributed by atoms with Crippen LogP contribution in [0.5, 0.6) is 17.2 Å². The van der Waals surface area contributed by atoms with Crippen LogP contribution in [0.1, 0.15) is 56.1 Å². The summed E-state index contributed by atoms with van der Waals surface area (Å²) >= 11 is 0. The highest BCUT2D eigenvalue weighted by molar-refractivity contribution is 6.71. The standard InChI is InChI=1S/C28H50O4Si3/c1-28-17-16-19-20(23(28)14-15-25(28)31-34(6,7)8)12-13-21-22(19)18-24(30-33(3,4)5)27(26(21)29-2)32-35(9,10)11/h18-20,23,25H,12-17H2,1-11H3/t19-,20+,23-,25-,28-/m0/s1. The van der Waals surface area contributed by atoms with Crippen LogP contribution in [-0.2, 0) is 10.8 Å². The second-order valence-corrected chi connectivity index (χ2v) is 27.8. The van der Waals surface area contributed by atoms with Crippen molar-refractivity contribution in [1.29, 1.82) is 0 Å². The number of methoxy groups -OCH3 is 1. The first-order chi connectivity index (χ1) is 16.0. The Bertz CT molecular complexity index is 943. The van der Waals surface area contributed by atoms with Gasteiger partial charge in [-0.05, 0) is 132 Å². The molecule has 2 fully saturated rings. The molecule has 0 radical (unpaired) electrons. The molecule has 35 heavy (non-hydrogen) atoms. The van der Waals surface area contributed by atoms with E-state index in [0.717, 1.165) is 35.5 Å². The molecule has 2 saturated carbocycles. The zero-order chi connectivity index (χ0) is 26.0. The summed E-state index contributed by atoms with van der Waals surface area (Å²) in [7, 11) is -3.42. The van der Waals surface area contributed by atoms with Crippen molar-refractivity contribution in [2.45, 2.75) is 116 Å². The summed E-state index contributed by atoms with van der Waals surface area (Å²) in [6.07, 6.45) is 7.80. The smallest absolute Gasteiger partial charge is 0.242 e. The highest BCUT2D eigenvalue weighted by atomic mass is 28.4. The van der Waals surface area contributed by atoms with Crippen molar-refractivity contribution < 1.29 is 18.0 Å². The van der Waals surface area contributed by atoms with Crippen molar-refractivity contribution in [2.24, 2.45) is 17.3 Å². The minimum absolute atomic E-state index is 0.321. The average Bonchev–Trinajstić information content (AvgIpc) is 3.01. The third-order valence-corrected chi connectivity index (χ3v) is 11.0. The number of rotatable bonds is 7. The number of benzene rings is 1. The van der Waals surface area contributed by atoms with Gasteiger partial charge < -0.3 is 18.0 Å². The zero-order valence-corrected chi connectivity index (χ0v) is 27.3. The molecule has 0 saturated heterocycles. The maximum absolute atomic E-state index is 6.78. The van der Waals surface area contributed by atoms with Gasteiger partial charge in [0, 0.05) is 5.56 Å². The van der Waals surface area contributed by atoms with E-state index in [9.17, 15) is 0 Å². The van der Waals surface area contributed by atoms with Crippen LogP contribution in [0.15, 0.2) is 6.07 Å². The van der Waals surface area contributed by atoms with Crippen molar-refractivity contribution in [3.8, 4) is 17.2 Å². The maximum atomic E-state index is 6.78. The van der Waals surface area contributed by atoms with Crippen LogP contribution in [0, 0.1) is 17.3 Å². The summed E-state index contributed by atoms with van der Waals surface area (Å²) in [5, 5.41) is 0. The third kappa shape index (κ3) is 5.58. The van der Waals surface area contributed by atoms with Crippen LogP contribution >= 0.6 is 0 Å². The third-order valence-electron chi connectivity index (χ3n) is 8.34. The SMILES string of the molecule is COc1c2c(cc(O[Si](C)(C)C)c1O[Si](C)(C)C)[C@H]1CC[C@]3(C)[C@@H](O[Si](C)(C)C)CC[C@H]3[C@@H]1CC2. The number of hydrogen-bond acceptors (Lipinski definition) is 4. The monoisotopic (exact) mass is 534 g/mol. The predicted octanol–water partition coefficient (Wildman–Crippen LogP) is 8.20. The van der Waals surface area contributed by atoms with Gasteiger partial charge in [0.15, 0.2) is 19.8 Å². The van der Waals surface area contributed by atoms with E-state index in [4.69, 9.17) is 18.0 Å². The van der Waals surface area contributed by atoms with E-state index in [1.807, 2.05) is 7.11 Å². The quantitative estimate of drug-likeness (QED) is 0.330. The fraction of sp³-hybridized carbons (Fsp3) is 0.786. The Morgan fingerprint density at radius 3 is 2.03 bits per heavy atom. The summed E-state index contributed by atoms with van der Waals surface area (Å²) in [5.41, 5.74) is 3.18. The van der Waals surface area contributed by atoms with Gasteiger partial charge in [0.1, 0.15) is 5.75 Å². The van der Waals surface area contributed by atoms with Crippen LogP contribution in [0.2, 0.25) is 58.9 Å². The molecule has 0 aliphatic heterocycles. The van der Waals surface area contributed by atoms with Crippen LogP contribution in [-0.4, -0.2) is 38.2 Å². The highest BCUT2D eigenvalue weighted by Gasteiger charge is 2.56. The first-order valence-corrected chi connectivity index (χ1v) is 24.0. The second kappa shape index (κ2) is 9.21. The molecular formula is C28H50O4Si3. The van der Waals surface area contributed by atoms with Crippen molar-refractivity contribution >= 4 is 25.0 Å². The van der Waals surface area contributed by atoms with E-state index >= 15 is 0 Å². The van der Waals surface area contributed by atoms with Crippen LogP contribution < -0.4 is 13.6 Å². The van der Waals surface area contributed by atoms with E-state index in [0.29, 0.717) is 17.4 Å². The Balaban J connectivity index is 1.74. The van der Waals surface area contributed by atoms with Crippen molar-refractivity contribution in [1.82, 2.24) is 0 Å². The summed E-state index contributed by atoms with van der Waals surface area (Å²) in [5.74, 6) is 4.78. The lowest BCUT2D eigenvalue weighted by Crippen LogP contribution is -2.47. The molecule has 0 bridgehead atoms. The van der Waals surface area contributed by atoms with Gasteiger partial charge in [0.05, 0.1) is 13.2 Å². The Morgan fingerprint density at radius 1 is 0.800 bits per heavy atom. The molecule has 0 unspecified atom stereocenters. The molecule has 1 aromatic rings. The van der Waals surface area contributed by atoms with Gasteiger partial charge in [0.2, 0.25) is 16.6 Å². The Labute approximate surface area is 217 Å². The van der Waals surface area contributed by atoms with E-state index < -0.39 is 25.0 Å². The molecule has 3 aliphatic carbocycles. The van der Waals surface area contributed by atoms with Crippen molar-refractivity contribution in [2.75, 3.05) is 7.11 Å². The number of hydrogen-bond donors (Lipinski definition) is 0. The molecular weight excluding hydrogens is 485 g/mol. The summed E-state index contributed by atoms with van der Waals surface area (Å²) in [6.45, 7) is 23.1. The molecule has 0 amide bonds. The Hall–Kier alpha value is -0.769. The molecule has 7 heteroatoms. The summed E-state index contributed by atoms with van der Waals surface area (Å²) in [6, 6.07) is 2.37. The number of ether oxygens (including phenoxy) is 1. The molecule has 0 heterocycles. The highest BCUT2D eigenvalue weighted by Crippen LogP contribution is 2.63. The fourth-order valence-corrected chi connectivity index (χ4v) is 10.1. The van der Waals surface area contributed by atoms with E-state index in [1.54, 1.807) is 0 Å². The van der Waals surface area contributed by atoms with Gasteiger partial charge in [-0.15, -0.1) is 0 Å². The Morgan fingerprint density at radius 2 is 1.46 bits per heavy atom. The van der Waals surface area contributed by atoms with Gasteiger partial charge in [-0.25, -0.2) is 0 Å². The average molecular weight is 535 g/mol. The Kier molecular flexibility index (Phi) is 7.17. The minimum Gasteiger partial charge on any atom is -0.542 e. The lowest BCUT2D eigenvalue weighted by atomic mass is 9.55. The zero-order valence-electron chi connectivity index (χ0n) is 24.3. The van der Waals surface area contributed by atoms with Crippen LogP contribution in [0.25, 0.3) is 0 Å². The topological polar surface area (TPSA) is 36.9 Å². The van der Waals surface area contributed by atoms with Gasteiger partial charge in [0.25, 0.3) is 0 Å². The molecule has 4 nitrogen and oxygen atoms in total. The van der Waals surface area contributed by atoms with Crippen molar-refractivity contribution in [3.05, 3.63) is 17.2 Å². The van der Waals surface area contributed by atoms with Gasteiger partial charge >= 0.3 is 0 Å². The predicted molar refractivity (Wildman–Crippen MR) is 154 cm³/mol. The lowest BCUT2D eigenvalue weighted by molar-refractivity contribution is -0.0142. The van der Waals surface area contributed by atoms with E-state index in [2.05, 4.69) is 71.9 Å². The van der Waals surface area contributed by atoms with Gasteiger partial charge in [-0.3, -0.25) is 0 Å². The van der Waals surface area contributed by atoms with Crippen LogP contribution in [0.4, 0.5) is 0 Å². The largest absolute Gasteiger partial charge is 0.542 e. The fourth-order valence-electron chi connectivity index (χ4n) is 7.25. The second-order valence-electron chi connectivity index (χ2n) is 14.5. The molecule has 198 valence electrons. The summed E-state index contributed by atoms with van der Waals surface area (Å²) in [4.78, 5) is 0. The molecule has 0 N–H and O–H groups in total. The van der Waals surface area contributed by atoms with Gasteiger partial charge in [-0.2, -0.15) is 0 Å². The molecule has 0 aromatic heterocycles. The van der Waals surface area contributed by atoms with E-state index in [-0.39, 0.29) is 0 Å². The normalized spacial score (nSPS) is 30.8. The van der Waals surface area contributed by atoms with Gasteiger partial charge in [-0.1, -0.05) is 6.92 Å². The number of fused-ring (bicyclic) bond motifs is 5. The molecule has 5 atom stereocenters. The molecule has 1 aromatic carbocycles. The first kappa shape index (κ1) is 27.3. The lowest BCUT2D eigenvalue weighted by Gasteiger charge is -2.51. The van der Waals surface area contributed by atoms with Crippen molar-refractivity contribution in [3.63, 3.8) is 0 Å². The van der Waals surface area contributed by atoms with Crippen LogP contribution in [0.3, 0.4) is 0 Å². The minimum atomic E-state index is -1.84. The summed E-state index contributed by atoms with van der Waals surface area (Å²) < 4.78 is 26.2.